The van der Waals surface area contributed by atoms with Crippen LogP contribution in [0.3, 0.4) is 0 Å². The Bertz CT molecular complexity index is 1680. The van der Waals surface area contributed by atoms with Crippen molar-refractivity contribution in [3.8, 4) is 0 Å². The molecule has 1 heterocycles. The third kappa shape index (κ3) is 11.2. The van der Waals surface area contributed by atoms with Crippen molar-refractivity contribution in [3.63, 3.8) is 0 Å². The fraction of sp³-hybridized carbons (Fsp3) is 0.368. The first-order valence-corrected chi connectivity index (χ1v) is 17.3. The molecule has 1 aliphatic heterocycles. The Kier molecular flexibility index (Phi) is 14.4. The summed E-state index contributed by atoms with van der Waals surface area (Å²) in [7, 11) is 0. The van der Waals surface area contributed by atoms with Crippen molar-refractivity contribution in [1.29, 1.82) is 0 Å². The molecule has 0 bridgehead atoms. The summed E-state index contributed by atoms with van der Waals surface area (Å²) >= 11 is 0. The second-order valence-corrected chi connectivity index (χ2v) is 12.9. The lowest BCUT2D eigenvalue weighted by Crippen LogP contribution is -2.60. The van der Waals surface area contributed by atoms with E-state index in [0.29, 0.717) is 12.8 Å². The van der Waals surface area contributed by atoms with Gasteiger partial charge in [0, 0.05) is 25.9 Å². The molecule has 0 spiro atoms. The number of aliphatic carboxylic acids is 1. The molecule has 14 nitrogen and oxygen atoms in total. The molecular formula is C38H47N7O7. The molecule has 4 rings (SSSR count). The topological polar surface area (TPSA) is 226 Å². The summed E-state index contributed by atoms with van der Waals surface area (Å²) in [5.74, 6) is -4.35. The van der Waals surface area contributed by atoms with Crippen LogP contribution < -0.4 is 32.7 Å². The van der Waals surface area contributed by atoms with E-state index >= 15 is 0 Å². The Balaban J connectivity index is 1.41. The Hall–Kier alpha value is -5.60. The number of amides is 5. The predicted molar refractivity (Wildman–Crippen MR) is 193 cm³/mol. The number of carbonyl (C=O) groups excluding carboxylic acids is 5. The lowest BCUT2D eigenvalue weighted by atomic mass is 10.0. The number of likely N-dealkylation sites (tertiary alicyclic amines) is 1. The number of hydrogen-bond acceptors (Lipinski definition) is 8. The molecule has 14 heteroatoms. The number of carbonyl (C=O) groups is 6. The van der Waals surface area contributed by atoms with Crippen molar-refractivity contribution in [2.24, 2.45) is 11.5 Å². The van der Waals surface area contributed by atoms with Gasteiger partial charge in [-0.1, -0.05) is 91.0 Å². The minimum Gasteiger partial charge on any atom is -0.480 e. The van der Waals surface area contributed by atoms with Gasteiger partial charge >= 0.3 is 5.97 Å². The zero-order chi connectivity index (χ0) is 37.6. The average Bonchev–Trinajstić information content (AvgIpc) is 3.65. The van der Waals surface area contributed by atoms with Crippen molar-refractivity contribution >= 4 is 35.5 Å². The maximum absolute atomic E-state index is 13.6. The third-order valence-corrected chi connectivity index (χ3v) is 8.89. The quantitative estimate of drug-likeness (QED) is 0.100. The molecule has 5 amide bonds. The van der Waals surface area contributed by atoms with Crippen LogP contribution in [-0.4, -0.2) is 94.9 Å². The van der Waals surface area contributed by atoms with Crippen LogP contribution in [0, 0.1) is 0 Å². The van der Waals surface area contributed by atoms with E-state index in [0.717, 1.165) is 16.7 Å². The number of nitrogens with one attached hydrogen (secondary N) is 4. The van der Waals surface area contributed by atoms with E-state index in [1.807, 2.05) is 42.5 Å². The fourth-order valence-corrected chi connectivity index (χ4v) is 6.02. The van der Waals surface area contributed by atoms with Crippen molar-refractivity contribution < 1.29 is 33.9 Å². The van der Waals surface area contributed by atoms with Crippen molar-refractivity contribution in [2.75, 3.05) is 13.1 Å². The number of benzene rings is 3. The summed E-state index contributed by atoms with van der Waals surface area (Å²) in [6.45, 7) is 1.33. The van der Waals surface area contributed by atoms with Crippen molar-refractivity contribution in [1.82, 2.24) is 26.2 Å². The van der Waals surface area contributed by atoms with Gasteiger partial charge in [-0.05, 0) is 42.9 Å². The molecule has 0 radical (unpaired) electrons. The number of nitrogens with two attached hydrogens (primary N) is 2. The molecule has 1 saturated heterocycles. The molecule has 9 N–H and O–H groups in total. The molecule has 3 aromatic rings. The van der Waals surface area contributed by atoms with Gasteiger partial charge in [-0.2, -0.15) is 0 Å². The summed E-state index contributed by atoms with van der Waals surface area (Å²) in [6, 6.07) is 20.6. The molecule has 1 aliphatic rings. The van der Waals surface area contributed by atoms with E-state index in [9.17, 15) is 33.9 Å². The number of hydrogen-bond donors (Lipinski definition) is 7. The highest BCUT2D eigenvalue weighted by Crippen LogP contribution is 2.20. The summed E-state index contributed by atoms with van der Waals surface area (Å²) in [4.78, 5) is 80.1. The lowest BCUT2D eigenvalue weighted by Gasteiger charge is -2.28. The standard InChI is InChI=1S/C38H47N7O7/c1-24(33(46)43-30(22-27-16-9-4-10-17-27)37(50)45-19-11-18-32(45)38(51)52)41-36(49)31(23-39)44-35(48)29(21-26-14-7-3-8-15-26)42-34(47)28(40)20-25-12-5-2-6-13-25/h2-10,12-17,24,28-32H,11,18-23,39-40H2,1H3,(H,41,49)(H,42,47)(H,43,46)(H,44,48)(H,51,52)/t24-,28+,29-,30-,31-,32+/m0/s1. The van der Waals surface area contributed by atoms with Gasteiger partial charge in [0.15, 0.2) is 0 Å². The van der Waals surface area contributed by atoms with Crippen LogP contribution in [0.5, 0.6) is 0 Å². The van der Waals surface area contributed by atoms with Gasteiger partial charge in [0.2, 0.25) is 29.5 Å². The van der Waals surface area contributed by atoms with E-state index < -0.39 is 71.8 Å². The molecule has 276 valence electrons. The molecule has 3 aromatic carbocycles. The van der Waals surface area contributed by atoms with Crippen LogP contribution in [0.2, 0.25) is 0 Å². The van der Waals surface area contributed by atoms with Gasteiger partial charge in [-0.15, -0.1) is 0 Å². The van der Waals surface area contributed by atoms with E-state index in [4.69, 9.17) is 11.5 Å². The number of nitrogens with zero attached hydrogens (tertiary/aromatic N) is 1. The zero-order valence-electron chi connectivity index (χ0n) is 29.1. The smallest absolute Gasteiger partial charge is 0.326 e. The first-order chi connectivity index (χ1) is 25.0. The molecule has 0 aliphatic carbocycles. The number of carboxylic acids is 1. The normalized spacial score (nSPS) is 16.8. The Labute approximate surface area is 302 Å². The highest BCUT2D eigenvalue weighted by atomic mass is 16.4. The van der Waals surface area contributed by atoms with E-state index in [-0.39, 0.29) is 32.4 Å². The molecular weight excluding hydrogens is 666 g/mol. The van der Waals surface area contributed by atoms with Crippen LogP contribution in [0.15, 0.2) is 91.0 Å². The predicted octanol–water partition coefficient (Wildman–Crippen LogP) is 0.0352. The van der Waals surface area contributed by atoms with Gasteiger partial charge in [-0.25, -0.2) is 4.79 Å². The SMILES string of the molecule is C[C@H](NC(=O)[C@H](CN)NC(=O)[C@H](Cc1ccccc1)NC(=O)[C@H](N)Cc1ccccc1)C(=O)N[C@@H](Cc1ccccc1)C(=O)N1CCC[C@@H]1C(=O)O. The number of rotatable bonds is 17. The molecule has 0 aromatic heterocycles. The first kappa shape index (κ1) is 39.2. The highest BCUT2D eigenvalue weighted by molar-refractivity contribution is 5.96. The van der Waals surface area contributed by atoms with E-state index in [1.165, 1.54) is 11.8 Å². The van der Waals surface area contributed by atoms with E-state index in [2.05, 4.69) is 21.3 Å². The van der Waals surface area contributed by atoms with Gasteiger partial charge in [-0.3, -0.25) is 24.0 Å². The van der Waals surface area contributed by atoms with Gasteiger partial charge in [0.1, 0.15) is 30.2 Å². The second-order valence-electron chi connectivity index (χ2n) is 12.9. The minimum atomic E-state index is -1.28. The van der Waals surface area contributed by atoms with Crippen LogP contribution in [0.1, 0.15) is 36.5 Å². The summed E-state index contributed by atoms with van der Waals surface area (Å²) < 4.78 is 0. The van der Waals surface area contributed by atoms with Crippen LogP contribution in [-0.2, 0) is 48.0 Å². The molecule has 1 fully saturated rings. The monoisotopic (exact) mass is 713 g/mol. The second kappa shape index (κ2) is 19.1. The zero-order valence-corrected chi connectivity index (χ0v) is 29.1. The summed E-state index contributed by atoms with van der Waals surface area (Å²) in [6.07, 6.45) is 1.27. The maximum atomic E-state index is 13.6. The van der Waals surface area contributed by atoms with Crippen LogP contribution in [0.4, 0.5) is 0 Å². The highest BCUT2D eigenvalue weighted by Gasteiger charge is 2.38. The van der Waals surface area contributed by atoms with Crippen LogP contribution in [0.25, 0.3) is 0 Å². The van der Waals surface area contributed by atoms with Gasteiger partial charge < -0.3 is 42.7 Å². The molecule has 6 atom stereocenters. The van der Waals surface area contributed by atoms with E-state index in [1.54, 1.807) is 48.5 Å². The van der Waals surface area contributed by atoms with Crippen molar-refractivity contribution in [2.45, 2.75) is 75.3 Å². The largest absolute Gasteiger partial charge is 0.480 e. The fourth-order valence-electron chi connectivity index (χ4n) is 6.02. The number of carboxylic acid groups (broad SMARTS) is 1. The molecule has 0 saturated carbocycles. The Morgan fingerprint density at radius 2 is 1.13 bits per heavy atom. The van der Waals surface area contributed by atoms with Crippen molar-refractivity contribution in [3.05, 3.63) is 108 Å². The molecule has 0 unspecified atom stereocenters. The first-order valence-electron chi connectivity index (χ1n) is 17.3. The molecule has 52 heavy (non-hydrogen) atoms. The van der Waals surface area contributed by atoms with Crippen LogP contribution >= 0.6 is 0 Å². The lowest BCUT2D eigenvalue weighted by molar-refractivity contribution is -0.149. The Morgan fingerprint density at radius 1 is 0.673 bits per heavy atom. The van der Waals surface area contributed by atoms with Gasteiger partial charge in [0.25, 0.3) is 0 Å². The summed E-state index contributed by atoms with van der Waals surface area (Å²) in [5, 5.41) is 20.2. The minimum absolute atomic E-state index is 0.0972. The Morgan fingerprint density at radius 3 is 1.65 bits per heavy atom. The summed E-state index contributed by atoms with van der Waals surface area (Å²) in [5.41, 5.74) is 14.4. The third-order valence-electron chi connectivity index (χ3n) is 8.89. The van der Waals surface area contributed by atoms with Gasteiger partial charge in [0.05, 0.1) is 6.04 Å². The average molecular weight is 714 g/mol. The maximum Gasteiger partial charge on any atom is 0.326 e.